The quantitative estimate of drug-likeness (QED) is 0.846. The van der Waals surface area contributed by atoms with E-state index in [1.54, 1.807) is 12.1 Å². The smallest absolute Gasteiger partial charge is 0.387 e. The number of benzene rings is 1. The van der Waals surface area contributed by atoms with Crippen molar-refractivity contribution in [3.8, 4) is 11.8 Å². The first-order valence-corrected chi connectivity index (χ1v) is 5.87. The Bertz CT molecular complexity index is 424. The first-order valence-electron chi connectivity index (χ1n) is 5.87. The van der Waals surface area contributed by atoms with Crippen LogP contribution in [0.1, 0.15) is 24.4 Å². The Kier molecular flexibility index (Phi) is 4.11. The van der Waals surface area contributed by atoms with Crippen LogP contribution in [0.2, 0.25) is 0 Å². The summed E-state index contributed by atoms with van der Waals surface area (Å²) < 4.78 is 28.2. The molecule has 0 amide bonds. The average Bonchev–Trinajstić information content (AvgIpc) is 3.15. The van der Waals surface area contributed by atoms with Crippen molar-refractivity contribution in [1.82, 2.24) is 5.32 Å². The zero-order chi connectivity index (χ0) is 13.0. The van der Waals surface area contributed by atoms with Gasteiger partial charge in [0.05, 0.1) is 6.07 Å². The molecule has 0 radical (unpaired) electrons. The van der Waals surface area contributed by atoms with Gasteiger partial charge in [-0.25, -0.2) is 0 Å². The van der Waals surface area contributed by atoms with Gasteiger partial charge in [0.2, 0.25) is 0 Å². The highest BCUT2D eigenvalue weighted by Gasteiger charge is 2.22. The number of hydrogen-bond donors (Lipinski definition) is 1. The van der Waals surface area contributed by atoms with Gasteiger partial charge in [0.1, 0.15) is 11.8 Å². The molecule has 1 atom stereocenters. The molecule has 0 aliphatic heterocycles. The van der Waals surface area contributed by atoms with Crippen molar-refractivity contribution in [3.05, 3.63) is 29.8 Å². The molecule has 0 spiro atoms. The minimum absolute atomic E-state index is 0.104. The molecule has 0 bridgehead atoms. The summed E-state index contributed by atoms with van der Waals surface area (Å²) in [6.07, 6.45) is 2.43. The van der Waals surface area contributed by atoms with Crippen molar-refractivity contribution in [1.29, 1.82) is 5.26 Å². The molecule has 0 saturated heterocycles. The molecule has 1 aliphatic rings. The summed E-state index contributed by atoms with van der Waals surface area (Å²) in [4.78, 5) is 0. The van der Waals surface area contributed by atoms with E-state index in [1.165, 1.54) is 25.0 Å². The van der Waals surface area contributed by atoms with Gasteiger partial charge in [0, 0.05) is 0 Å². The van der Waals surface area contributed by atoms with Crippen LogP contribution in [0.25, 0.3) is 0 Å². The van der Waals surface area contributed by atoms with Gasteiger partial charge in [-0.2, -0.15) is 14.0 Å². The Morgan fingerprint density at radius 3 is 2.50 bits per heavy atom. The highest BCUT2D eigenvalue weighted by Crippen LogP contribution is 2.28. The number of hydrogen-bond acceptors (Lipinski definition) is 3. The fourth-order valence-electron chi connectivity index (χ4n) is 1.69. The molecule has 0 heterocycles. The number of nitriles is 1. The Morgan fingerprint density at radius 1 is 1.33 bits per heavy atom. The van der Waals surface area contributed by atoms with Crippen molar-refractivity contribution in [2.45, 2.75) is 25.5 Å². The molecule has 0 aromatic heterocycles. The second-order valence-corrected chi connectivity index (χ2v) is 4.36. The molecular formula is C13H14F2N2O. The third-order valence-corrected chi connectivity index (χ3v) is 2.88. The van der Waals surface area contributed by atoms with E-state index in [-0.39, 0.29) is 5.75 Å². The van der Waals surface area contributed by atoms with Crippen molar-refractivity contribution in [2.75, 3.05) is 6.54 Å². The molecule has 96 valence electrons. The standard InChI is InChI=1S/C13H14F2N2O/c14-13(15)18-11-5-3-10(4-6-11)12(7-16)17-8-9-1-2-9/h3-6,9,12-13,17H,1-2,8H2. The van der Waals surface area contributed by atoms with Crippen LogP contribution < -0.4 is 10.1 Å². The van der Waals surface area contributed by atoms with E-state index >= 15 is 0 Å². The third kappa shape index (κ3) is 3.67. The second kappa shape index (κ2) is 5.78. The van der Waals surface area contributed by atoms with Gasteiger partial charge in [0.15, 0.2) is 0 Å². The van der Waals surface area contributed by atoms with E-state index < -0.39 is 12.7 Å². The van der Waals surface area contributed by atoms with Crippen molar-refractivity contribution < 1.29 is 13.5 Å². The fraction of sp³-hybridized carbons (Fsp3) is 0.462. The number of nitrogens with zero attached hydrogens (tertiary/aromatic N) is 1. The van der Waals surface area contributed by atoms with Crippen molar-refractivity contribution in [2.24, 2.45) is 5.92 Å². The summed E-state index contributed by atoms with van der Waals surface area (Å²) in [5, 5.41) is 12.2. The number of alkyl halides is 2. The largest absolute Gasteiger partial charge is 0.435 e. The molecule has 5 heteroatoms. The van der Waals surface area contributed by atoms with Crippen molar-refractivity contribution >= 4 is 0 Å². The second-order valence-electron chi connectivity index (χ2n) is 4.36. The number of nitrogens with one attached hydrogen (secondary N) is 1. The van der Waals surface area contributed by atoms with Crippen LogP contribution in [0.15, 0.2) is 24.3 Å². The maximum absolute atomic E-state index is 12.0. The highest BCUT2D eigenvalue weighted by molar-refractivity contribution is 5.31. The van der Waals surface area contributed by atoms with Gasteiger partial charge >= 0.3 is 6.61 Å². The Morgan fingerprint density at radius 2 is 2.00 bits per heavy atom. The van der Waals surface area contributed by atoms with Crippen LogP contribution in [0, 0.1) is 17.2 Å². The maximum atomic E-state index is 12.0. The summed E-state index contributed by atoms with van der Waals surface area (Å²) in [6.45, 7) is -2.00. The molecule has 1 aromatic rings. The first kappa shape index (κ1) is 12.8. The van der Waals surface area contributed by atoms with Crippen LogP contribution in [-0.4, -0.2) is 13.2 Å². The van der Waals surface area contributed by atoms with Crippen LogP contribution >= 0.6 is 0 Å². The van der Waals surface area contributed by atoms with Gasteiger partial charge in [0.25, 0.3) is 0 Å². The Hall–Kier alpha value is -1.67. The van der Waals surface area contributed by atoms with Crippen LogP contribution in [0.5, 0.6) is 5.75 Å². The third-order valence-electron chi connectivity index (χ3n) is 2.88. The average molecular weight is 252 g/mol. The lowest BCUT2D eigenvalue weighted by Gasteiger charge is -2.12. The summed E-state index contributed by atoms with van der Waals surface area (Å²) in [5.74, 6) is 0.787. The lowest BCUT2D eigenvalue weighted by molar-refractivity contribution is -0.0498. The van der Waals surface area contributed by atoms with E-state index in [4.69, 9.17) is 5.26 Å². The minimum atomic E-state index is -2.82. The molecular weight excluding hydrogens is 238 g/mol. The molecule has 3 nitrogen and oxygen atoms in total. The lowest BCUT2D eigenvalue weighted by Crippen LogP contribution is -2.22. The molecule has 1 fully saturated rings. The van der Waals surface area contributed by atoms with Gasteiger partial charge < -0.3 is 4.74 Å². The highest BCUT2D eigenvalue weighted by atomic mass is 19.3. The van der Waals surface area contributed by atoms with Crippen LogP contribution in [-0.2, 0) is 0 Å². The molecule has 1 aliphatic carbocycles. The van der Waals surface area contributed by atoms with E-state index in [9.17, 15) is 8.78 Å². The maximum Gasteiger partial charge on any atom is 0.387 e. The summed E-state index contributed by atoms with van der Waals surface area (Å²) in [6, 6.07) is 7.92. The SMILES string of the molecule is N#CC(NCC1CC1)c1ccc(OC(F)F)cc1. The van der Waals surface area contributed by atoms with E-state index in [0.717, 1.165) is 12.1 Å². The number of rotatable bonds is 6. The zero-order valence-corrected chi connectivity index (χ0v) is 9.77. The predicted molar refractivity (Wildman–Crippen MR) is 62.2 cm³/mol. The number of ether oxygens (including phenoxy) is 1. The lowest BCUT2D eigenvalue weighted by atomic mass is 10.1. The normalized spacial score (nSPS) is 16.3. The molecule has 18 heavy (non-hydrogen) atoms. The van der Waals surface area contributed by atoms with Gasteiger partial charge in [-0.1, -0.05) is 12.1 Å². The van der Waals surface area contributed by atoms with E-state index in [2.05, 4.69) is 16.1 Å². The molecule has 2 rings (SSSR count). The molecule has 1 aromatic carbocycles. The van der Waals surface area contributed by atoms with Crippen LogP contribution in [0.3, 0.4) is 0 Å². The summed E-state index contributed by atoms with van der Waals surface area (Å²) in [5.41, 5.74) is 0.764. The van der Waals surface area contributed by atoms with Gasteiger partial charge in [-0.3, -0.25) is 5.32 Å². The monoisotopic (exact) mass is 252 g/mol. The van der Waals surface area contributed by atoms with E-state index in [0.29, 0.717) is 5.92 Å². The fourth-order valence-corrected chi connectivity index (χ4v) is 1.69. The van der Waals surface area contributed by atoms with Gasteiger partial charge in [-0.05, 0) is 43.0 Å². The minimum Gasteiger partial charge on any atom is -0.435 e. The topological polar surface area (TPSA) is 45.0 Å². The molecule has 1 unspecified atom stereocenters. The first-order chi connectivity index (χ1) is 8.69. The zero-order valence-electron chi connectivity index (χ0n) is 9.77. The predicted octanol–water partition coefficient (Wildman–Crippen LogP) is 2.85. The Labute approximate surface area is 104 Å². The molecule has 1 saturated carbocycles. The Balaban J connectivity index is 1.95. The molecule has 1 N–H and O–H groups in total. The number of halogens is 2. The summed E-state index contributed by atoms with van der Waals surface area (Å²) >= 11 is 0. The summed E-state index contributed by atoms with van der Waals surface area (Å²) in [7, 11) is 0. The van der Waals surface area contributed by atoms with Crippen LogP contribution in [0.4, 0.5) is 8.78 Å². The van der Waals surface area contributed by atoms with Crippen molar-refractivity contribution in [3.63, 3.8) is 0 Å². The van der Waals surface area contributed by atoms with E-state index in [1.807, 2.05) is 0 Å². The van der Waals surface area contributed by atoms with Gasteiger partial charge in [-0.15, -0.1) is 0 Å².